The number of hydrogen-bond donors (Lipinski definition) is 2. The fourth-order valence-corrected chi connectivity index (χ4v) is 3.36. The van der Waals surface area contributed by atoms with Gasteiger partial charge in [-0.25, -0.2) is 0 Å². The maximum atomic E-state index is 6.25. The van der Waals surface area contributed by atoms with Crippen molar-refractivity contribution in [1.82, 2.24) is 4.98 Å². The average Bonchev–Trinajstić information content (AvgIpc) is 2.52. The van der Waals surface area contributed by atoms with Gasteiger partial charge in [-0.05, 0) is 42.5 Å². The molecule has 2 aromatic rings. The summed E-state index contributed by atoms with van der Waals surface area (Å²) in [6.45, 7) is 3.38. The minimum Gasteiger partial charge on any atom is -0.397 e. The fourth-order valence-electron chi connectivity index (χ4n) is 3.36. The van der Waals surface area contributed by atoms with Crippen LogP contribution in [0.5, 0.6) is 0 Å². The van der Waals surface area contributed by atoms with Crippen molar-refractivity contribution in [1.29, 1.82) is 0 Å². The van der Waals surface area contributed by atoms with E-state index in [1.54, 1.807) is 6.20 Å². The van der Waals surface area contributed by atoms with Gasteiger partial charge < -0.3 is 11.1 Å². The lowest BCUT2D eigenvalue weighted by molar-refractivity contribution is 0.282. The quantitative estimate of drug-likeness (QED) is 0.815. The Morgan fingerprint density at radius 2 is 2.00 bits per heavy atom. The second kappa shape index (κ2) is 6.33. The molecule has 0 bridgehead atoms. The van der Waals surface area contributed by atoms with Crippen molar-refractivity contribution in [3.05, 3.63) is 30.5 Å². The number of nitrogens with zero attached hydrogens (tertiary/aromatic N) is 1. The Kier molecular flexibility index (Phi) is 4.28. The van der Waals surface area contributed by atoms with E-state index < -0.39 is 0 Å². The molecule has 1 aromatic carbocycles. The Morgan fingerprint density at radius 3 is 2.81 bits per heavy atom. The molecule has 1 saturated carbocycles. The van der Waals surface area contributed by atoms with Gasteiger partial charge in [-0.1, -0.05) is 32.6 Å². The standard InChI is InChI=1S/C18H25N3/c1-13-4-6-14(7-5-13)10-12-21-17-9-8-16-15(18(17)19)3-2-11-20-16/h2-3,8-9,11,13-14,21H,4-7,10,12,19H2,1H3. The molecule has 0 unspecified atom stereocenters. The molecule has 1 heterocycles. The largest absolute Gasteiger partial charge is 0.397 e. The van der Waals surface area contributed by atoms with Crippen molar-refractivity contribution in [2.45, 2.75) is 39.0 Å². The molecule has 0 aliphatic heterocycles. The number of anilines is 2. The Labute approximate surface area is 127 Å². The summed E-state index contributed by atoms with van der Waals surface area (Å²) >= 11 is 0. The van der Waals surface area contributed by atoms with Gasteiger partial charge in [-0.2, -0.15) is 0 Å². The van der Waals surface area contributed by atoms with Crippen LogP contribution in [0.25, 0.3) is 10.9 Å². The van der Waals surface area contributed by atoms with Gasteiger partial charge in [0.15, 0.2) is 0 Å². The van der Waals surface area contributed by atoms with Gasteiger partial charge >= 0.3 is 0 Å². The van der Waals surface area contributed by atoms with Gasteiger partial charge in [-0.15, -0.1) is 0 Å². The molecular weight excluding hydrogens is 258 g/mol. The van der Waals surface area contributed by atoms with Gasteiger partial charge in [0.1, 0.15) is 0 Å². The van der Waals surface area contributed by atoms with E-state index in [1.807, 2.05) is 24.3 Å². The van der Waals surface area contributed by atoms with Crippen LogP contribution < -0.4 is 11.1 Å². The monoisotopic (exact) mass is 283 g/mol. The third-order valence-electron chi connectivity index (χ3n) is 4.83. The van der Waals surface area contributed by atoms with E-state index in [4.69, 9.17) is 5.73 Å². The summed E-state index contributed by atoms with van der Waals surface area (Å²) in [4.78, 5) is 4.34. The second-order valence-corrected chi connectivity index (χ2v) is 6.44. The van der Waals surface area contributed by atoms with E-state index in [0.717, 1.165) is 40.7 Å². The van der Waals surface area contributed by atoms with Crippen molar-refractivity contribution in [3.63, 3.8) is 0 Å². The third kappa shape index (κ3) is 3.29. The number of aromatic nitrogens is 1. The van der Waals surface area contributed by atoms with Crippen molar-refractivity contribution in [2.75, 3.05) is 17.6 Å². The van der Waals surface area contributed by atoms with Gasteiger partial charge in [0, 0.05) is 18.1 Å². The van der Waals surface area contributed by atoms with Crippen LogP contribution >= 0.6 is 0 Å². The first-order valence-corrected chi connectivity index (χ1v) is 8.11. The number of pyridine rings is 1. The smallest absolute Gasteiger partial charge is 0.0724 e. The number of nitrogen functional groups attached to an aromatic ring is 1. The summed E-state index contributed by atoms with van der Waals surface area (Å²) in [6.07, 6.45) is 8.62. The Bertz CT molecular complexity index is 600. The lowest BCUT2D eigenvalue weighted by Gasteiger charge is -2.26. The molecule has 3 heteroatoms. The topological polar surface area (TPSA) is 50.9 Å². The predicted molar refractivity (Wildman–Crippen MR) is 90.4 cm³/mol. The van der Waals surface area contributed by atoms with E-state index in [9.17, 15) is 0 Å². The first-order chi connectivity index (χ1) is 10.2. The second-order valence-electron chi connectivity index (χ2n) is 6.44. The van der Waals surface area contributed by atoms with E-state index in [0.29, 0.717) is 0 Å². The number of fused-ring (bicyclic) bond motifs is 1. The van der Waals surface area contributed by atoms with Crippen LogP contribution in [0.2, 0.25) is 0 Å². The first kappa shape index (κ1) is 14.2. The van der Waals surface area contributed by atoms with E-state index in [2.05, 4.69) is 17.2 Å². The SMILES string of the molecule is CC1CCC(CCNc2ccc3ncccc3c2N)CC1. The molecule has 0 amide bonds. The number of nitrogens with one attached hydrogen (secondary N) is 1. The van der Waals surface area contributed by atoms with Crippen LogP contribution in [0.4, 0.5) is 11.4 Å². The average molecular weight is 283 g/mol. The minimum atomic E-state index is 0.817. The number of rotatable bonds is 4. The molecule has 0 radical (unpaired) electrons. The maximum Gasteiger partial charge on any atom is 0.0724 e. The van der Waals surface area contributed by atoms with Crippen molar-refractivity contribution < 1.29 is 0 Å². The molecule has 3 N–H and O–H groups in total. The molecule has 1 fully saturated rings. The molecule has 1 aromatic heterocycles. The zero-order valence-corrected chi connectivity index (χ0v) is 12.8. The van der Waals surface area contributed by atoms with E-state index >= 15 is 0 Å². The van der Waals surface area contributed by atoms with Crippen LogP contribution in [0.15, 0.2) is 30.5 Å². The summed E-state index contributed by atoms with van der Waals surface area (Å²) < 4.78 is 0. The summed E-state index contributed by atoms with van der Waals surface area (Å²) in [6, 6.07) is 8.06. The lowest BCUT2D eigenvalue weighted by atomic mass is 9.81. The normalized spacial score (nSPS) is 22.3. The molecule has 0 atom stereocenters. The first-order valence-electron chi connectivity index (χ1n) is 8.11. The van der Waals surface area contributed by atoms with Crippen LogP contribution in [-0.4, -0.2) is 11.5 Å². The van der Waals surface area contributed by atoms with E-state index in [1.165, 1.54) is 32.1 Å². The Hall–Kier alpha value is -1.77. The molecule has 0 spiro atoms. The van der Waals surface area contributed by atoms with Gasteiger partial charge in [0.05, 0.1) is 16.9 Å². The number of hydrogen-bond acceptors (Lipinski definition) is 3. The Morgan fingerprint density at radius 1 is 1.19 bits per heavy atom. The lowest BCUT2D eigenvalue weighted by Crippen LogP contribution is -2.16. The predicted octanol–water partition coefficient (Wildman–Crippen LogP) is 4.45. The zero-order chi connectivity index (χ0) is 14.7. The van der Waals surface area contributed by atoms with Crippen molar-refractivity contribution in [2.24, 2.45) is 11.8 Å². The van der Waals surface area contributed by atoms with Crippen molar-refractivity contribution in [3.8, 4) is 0 Å². The van der Waals surface area contributed by atoms with E-state index in [-0.39, 0.29) is 0 Å². The highest BCUT2D eigenvalue weighted by Gasteiger charge is 2.17. The molecule has 112 valence electrons. The number of benzene rings is 1. The van der Waals surface area contributed by atoms with Crippen LogP contribution in [0, 0.1) is 11.8 Å². The van der Waals surface area contributed by atoms with Crippen molar-refractivity contribution >= 4 is 22.3 Å². The highest BCUT2D eigenvalue weighted by atomic mass is 14.9. The van der Waals surface area contributed by atoms with Crippen LogP contribution in [0.1, 0.15) is 39.0 Å². The van der Waals surface area contributed by atoms with Crippen LogP contribution in [-0.2, 0) is 0 Å². The zero-order valence-electron chi connectivity index (χ0n) is 12.8. The van der Waals surface area contributed by atoms with Gasteiger partial charge in [0.2, 0.25) is 0 Å². The Balaban J connectivity index is 1.59. The fraction of sp³-hybridized carbons (Fsp3) is 0.500. The molecule has 3 nitrogen and oxygen atoms in total. The molecule has 1 aliphatic rings. The summed E-state index contributed by atoms with van der Waals surface area (Å²) in [5.41, 5.74) is 9.07. The highest BCUT2D eigenvalue weighted by Crippen LogP contribution is 2.31. The van der Waals surface area contributed by atoms with Crippen LogP contribution in [0.3, 0.4) is 0 Å². The minimum absolute atomic E-state index is 0.817. The summed E-state index contributed by atoms with van der Waals surface area (Å²) in [7, 11) is 0. The summed E-state index contributed by atoms with van der Waals surface area (Å²) in [5, 5.41) is 4.55. The molecule has 0 saturated heterocycles. The van der Waals surface area contributed by atoms with Gasteiger partial charge in [0.25, 0.3) is 0 Å². The molecule has 1 aliphatic carbocycles. The maximum absolute atomic E-state index is 6.25. The molecular formula is C18H25N3. The van der Waals surface area contributed by atoms with Gasteiger partial charge in [-0.3, -0.25) is 4.98 Å². The summed E-state index contributed by atoms with van der Waals surface area (Å²) in [5.74, 6) is 1.81. The third-order valence-corrected chi connectivity index (χ3v) is 4.83. The molecule has 3 rings (SSSR count). The number of nitrogens with two attached hydrogens (primary N) is 1. The highest BCUT2D eigenvalue weighted by molar-refractivity contribution is 5.96. The molecule has 21 heavy (non-hydrogen) atoms.